The highest BCUT2D eigenvalue weighted by Gasteiger charge is 2.24. The fourth-order valence-corrected chi connectivity index (χ4v) is 4.48. The van der Waals surface area contributed by atoms with E-state index < -0.39 is 0 Å². The Morgan fingerprint density at radius 3 is 2.33 bits per heavy atom. The summed E-state index contributed by atoms with van der Waals surface area (Å²) in [5, 5.41) is 0. The van der Waals surface area contributed by atoms with E-state index in [9.17, 15) is 9.18 Å². The first-order valence-electron chi connectivity index (χ1n) is 11.7. The molecule has 0 radical (unpaired) electrons. The van der Waals surface area contributed by atoms with Gasteiger partial charge in [-0.1, -0.05) is 63.8 Å². The molecule has 0 aliphatic heterocycles. The first-order valence-corrected chi connectivity index (χ1v) is 11.7. The number of unbranched alkanes of at least 4 members (excludes halogenated alkanes) is 2. The molecule has 0 bridgehead atoms. The van der Waals surface area contributed by atoms with Gasteiger partial charge in [0.25, 0.3) is 0 Å². The molecule has 0 unspecified atom stereocenters. The third kappa shape index (κ3) is 6.17. The predicted octanol–water partition coefficient (Wildman–Crippen LogP) is 7.74. The molecular weight excluding hydrogens is 375 g/mol. The highest BCUT2D eigenvalue weighted by atomic mass is 19.1. The zero-order chi connectivity index (χ0) is 21.3. The van der Waals surface area contributed by atoms with Crippen LogP contribution in [0, 0.1) is 11.7 Å². The highest BCUT2D eigenvalue weighted by Crippen LogP contribution is 2.30. The van der Waals surface area contributed by atoms with Gasteiger partial charge in [0, 0.05) is 5.56 Å². The summed E-state index contributed by atoms with van der Waals surface area (Å²) in [4.78, 5) is 12.5. The molecule has 3 rings (SSSR count). The summed E-state index contributed by atoms with van der Waals surface area (Å²) in [5.74, 6) is 0.313. The van der Waals surface area contributed by atoms with Gasteiger partial charge in [-0.3, -0.25) is 0 Å². The van der Waals surface area contributed by atoms with Crippen molar-refractivity contribution in [3.05, 3.63) is 59.4 Å². The molecule has 0 atom stereocenters. The molecule has 1 saturated carbocycles. The lowest BCUT2D eigenvalue weighted by Gasteiger charge is -2.28. The van der Waals surface area contributed by atoms with E-state index in [-0.39, 0.29) is 17.9 Å². The van der Waals surface area contributed by atoms with Crippen molar-refractivity contribution in [1.82, 2.24) is 0 Å². The molecule has 2 nitrogen and oxygen atoms in total. The van der Waals surface area contributed by atoms with Crippen LogP contribution < -0.4 is 0 Å². The molecule has 1 aliphatic carbocycles. The standard InChI is InChI=1S/C27H35FO2/c1-3-5-6-8-21-11-18-25(26(28)19-21)22-12-14-23(15-13-22)27(29)30-24-16-9-20(7-4-2)10-17-24/h11-15,18-20,24H,3-10,16-17H2,1-2H3. The van der Waals surface area contributed by atoms with Crippen LogP contribution in [0.5, 0.6) is 0 Å². The van der Waals surface area contributed by atoms with Crippen molar-refractivity contribution in [2.24, 2.45) is 5.92 Å². The van der Waals surface area contributed by atoms with E-state index in [4.69, 9.17) is 4.74 Å². The molecule has 0 spiro atoms. The van der Waals surface area contributed by atoms with Crippen LogP contribution in [-0.4, -0.2) is 12.1 Å². The molecule has 1 aliphatic rings. The second kappa shape index (κ2) is 11.3. The van der Waals surface area contributed by atoms with Crippen molar-refractivity contribution >= 4 is 5.97 Å². The number of hydrogen-bond donors (Lipinski definition) is 0. The van der Waals surface area contributed by atoms with Crippen LogP contribution in [-0.2, 0) is 11.2 Å². The van der Waals surface area contributed by atoms with Gasteiger partial charge in [0.2, 0.25) is 0 Å². The van der Waals surface area contributed by atoms with Crippen molar-refractivity contribution in [1.29, 1.82) is 0 Å². The lowest BCUT2D eigenvalue weighted by Crippen LogP contribution is -2.24. The molecule has 3 heteroatoms. The second-order valence-electron chi connectivity index (χ2n) is 8.69. The zero-order valence-corrected chi connectivity index (χ0v) is 18.5. The van der Waals surface area contributed by atoms with Crippen molar-refractivity contribution in [2.45, 2.75) is 84.2 Å². The van der Waals surface area contributed by atoms with Crippen LogP contribution in [0.1, 0.15) is 87.6 Å². The number of rotatable bonds is 9. The van der Waals surface area contributed by atoms with E-state index >= 15 is 0 Å². The van der Waals surface area contributed by atoms with E-state index in [2.05, 4.69) is 13.8 Å². The fourth-order valence-electron chi connectivity index (χ4n) is 4.48. The SMILES string of the molecule is CCCCCc1ccc(-c2ccc(C(=O)OC3CCC(CCC)CC3)cc2)c(F)c1. The Morgan fingerprint density at radius 2 is 1.70 bits per heavy atom. The number of carbonyl (C=O) groups excluding carboxylic acids is 1. The summed E-state index contributed by atoms with van der Waals surface area (Å²) in [5.41, 5.74) is 2.93. The minimum absolute atomic E-state index is 0.0305. The average Bonchev–Trinajstić information content (AvgIpc) is 2.76. The molecule has 30 heavy (non-hydrogen) atoms. The van der Waals surface area contributed by atoms with Gasteiger partial charge >= 0.3 is 5.97 Å². The Labute approximate surface area is 180 Å². The summed E-state index contributed by atoms with van der Waals surface area (Å²) in [6.45, 7) is 4.39. The monoisotopic (exact) mass is 410 g/mol. The molecule has 0 aromatic heterocycles. The lowest BCUT2D eigenvalue weighted by molar-refractivity contribution is 0.0161. The molecule has 0 N–H and O–H groups in total. The summed E-state index contributed by atoms with van der Waals surface area (Å²) in [6, 6.07) is 12.6. The first kappa shape index (κ1) is 22.5. The molecule has 0 heterocycles. The molecule has 2 aromatic rings. The van der Waals surface area contributed by atoms with Crippen molar-refractivity contribution in [3.63, 3.8) is 0 Å². The molecule has 162 valence electrons. The summed E-state index contributed by atoms with van der Waals surface area (Å²) in [6.07, 6.45) is 11.1. The van der Waals surface area contributed by atoms with Crippen LogP contribution >= 0.6 is 0 Å². The topological polar surface area (TPSA) is 26.3 Å². The highest BCUT2D eigenvalue weighted by molar-refractivity contribution is 5.90. The third-order valence-electron chi connectivity index (χ3n) is 6.30. The smallest absolute Gasteiger partial charge is 0.338 e. The van der Waals surface area contributed by atoms with Gasteiger partial charge in [0.05, 0.1) is 5.56 Å². The Balaban J connectivity index is 1.57. The maximum Gasteiger partial charge on any atom is 0.338 e. The van der Waals surface area contributed by atoms with Gasteiger partial charge in [-0.2, -0.15) is 0 Å². The summed E-state index contributed by atoms with van der Waals surface area (Å²) >= 11 is 0. The average molecular weight is 411 g/mol. The minimum atomic E-state index is -0.271. The second-order valence-corrected chi connectivity index (χ2v) is 8.69. The third-order valence-corrected chi connectivity index (χ3v) is 6.30. The molecule has 0 saturated heterocycles. The van der Waals surface area contributed by atoms with E-state index in [1.165, 1.54) is 19.3 Å². The number of ether oxygens (including phenoxy) is 1. The fraction of sp³-hybridized carbons (Fsp3) is 0.519. The normalized spacial score (nSPS) is 18.9. The summed E-state index contributed by atoms with van der Waals surface area (Å²) < 4.78 is 20.3. The number of halogens is 1. The van der Waals surface area contributed by atoms with Gasteiger partial charge in [-0.05, 0) is 73.8 Å². The number of hydrogen-bond acceptors (Lipinski definition) is 2. The van der Waals surface area contributed by atoms with Crippen LogP contribution in [0.4, 0.5) is 4.39 Å². The van der Waals surface area contributed by atoms with Crippen LogP contribution in [0.2, 0.25) is 0 Å². The number of aryl methyl sites for hydroxylation is 1. The van der Waals surface area contributed by atoms with Gasteiger partial charge < -0.3 is 4.74 Å². The van der Waals surface area contributed by atoms with Gasteiger partial charge in [0.15, 0.2) is 0 Å². The quantitative estimate of drug-likeness (QED) is 0.312. The Hall–Kier alpha value is -2.16. The van der Waals surface area contributed by atoms with E-state index in [0.717, 1.165) is 62.0 Å². The maximum absolute atomic E-state index is 14.6. The Kier molecular flexibility index (Phi) is 8.48. The van der Waals surface area contributed by atoms with Crippen LogP contribution in [0.15, 0.2) is 42.5 Å². The minimum Gasteiger partial charge on any atom is -0.459 e. The molecule has 1 fully saturated rings. The lowest BCUT2D eigenvalue weighted by atomic mass is 9.85. The van der Waals surface area contributed by atoms with E-state index in [1.54, 1.807) is 18.2 Å². The summed E-state index contributed by atoms with van der Waals surface area (Å²) in [7, 11) is 0. The van der Waals surface area contributed by atoms with Crippen LogP contribution in [0.3, 0.4) is 0 Å². The predicted molar refractivity (Wildman–Crippen MR) is 121 cm³/mol. The van der Waals surface area contributed by atoms with Crippen molar-refractivity contribution in [3.8, 4) is 11.1 Å². The van der Waals surface area contributed by atoms with E-state index in [0.29, 0.717) is 11.1 Å². The molecular formula is C27H35FO2. The number of benzene rings is 2. The van der Waals surface area contributed by atoms with Crippen LogP contribution in [0.25, 0.3) is 11.1 Å². The van der Waals surface area contributed by atoms with E-state index in [1.807, 2.05) is 24.3 Å². The number of esters is 1. The zero-order valence-electron chi connectivity index (χ0n) is 18.5. The molecule has 0 amide bonds. The van der Waals surface area contributed by atoms with Gasteiger partial charge in [-0.25, -0.2) is 9.18 Å². The maximum atomic E-state index is 14.6. The Morgan fingerprint density at radius 1 is 0.967 bits per heavy atom. The van der Waals surface area contributed by atoms with Gasteiger partial charge in [0.1, 0.15) is 11.9 Å². The molecule has 2 aromatic carbocycles. The first-order chi connectivity index (χ1) is 14.6. The largest absolute Gasteiger partial charge is 0.459 e. The van der Waals surface area contributed by atoms with Crippen molar-refractivity contribution < 1.29 is 13.9 Å². The van der Waals surface area contributed by atoms with Crippen molar-refractivity contribution in [2.75, 3.05) is 0 Å². The van der Waals surface area contributed by atoms with Gasteiger partial charge in [-0.15, -0.1) is 0 Å². The number of carbonyl (C=O) groups is 1. The Bertz CT molecular complexity index is 804.